The highest BCUT2D eigenvalue weighted by molar-refractivity contribution is 6.31. The highest BCUT2D eigenvalue weighted by Gasteiger charge is 2.10. The average Bonchev–Trinajstić information content (AvgIpc) is 2.60. The number of carbonyl (C=O) groups is 1. The van der Waals surface area contributed by atoms with E-state index in [0.29, 0.717) is 18.2 Å². The molecular formula is C18H22ClN3O3. The number of aryl methyl sites for hydroxylation is 1. The minimum Gasteiger partial charge on any atom is -0.453 e. The number of alkyl carbamates (subject to hydrolysis) is 1. The van der Waals surface area contributed by atoms with Crippen LogP contribution in [-0.2, 0) is 22.7 Å². The first kappa shape index (κ1) is 19.2. The van der Waals surface area contributed by atoms with Gasteiger partial charge in [-0.15, -0.1) is 0 Å². The summed E-state index contributed by atoms with van der Waals surface area (Å²) in [5.41, 5.74) is 6.60. The molecule has 0 spiro atoms. The SMILES string of the molecule is COC(=O)NCc1cc(C(C)NOCc2cccc(C)n2)ccc1Cl. The molecule has 2 aromatic rings. The number of ether oxygens (including phenoxy) is 1. The van der Waals surface area contributed by atoms with E-state index in [4.69, 9.17) is 16.4 Å². The number of methoxy groups -OCH3 is 1. The number of nitrogens with zero attached hydrogens (tertiary/aromatic N) is 1. The van der Waals surface area contributed by atoms with Gasteiger partial charge in [0, 0.05) is 17.3 Å². The van der Waals surface area contributed by atoms with Gasteiger partial charge < -0.3 is 10.1 Å². The second-order valence-corrected chi connectivity index (χ2v) is 6.00. The van der Waals surface area contributed by atoms with Gasteiger partial charge in [0.15, 0.2) is 0 Å². The lowest BCUT2D eigenvalue weighted by molar-refractivity contribution is 0.00524. The summed E-state index contributed by atoms with van der Waals surface area (Å²) in [6.07, 6.45) is -0.498. The largest absolute Gasteiger partial charge is 0.453 e. The highest BCUT2D eigenvalue weighted by atomic mass is 35.5. The van der Waals surface area contributed by atoms with E-state index in [1.807, 2.05) is 44.2 Å². The van der Waals surface area contributed by atoms with E-state index in [2.05, 4.69) is 20.5 Å². The van der Waals surface area contributed by atoms with Gasteiger partial charge in [0.2, 0.25) is 0 Å². The third-order valence-electron chi connectivity index (χ3n) is 3.60. The minimum absolute atomic E-state index is 0.0565. The van der Waals surface area contributed by atoms with E-state index in [0.717, 1.165) is 22.5 Å². The summed E-state index contributed by atoms with van der Waals surface area (Å²) in [6, 6.07) is 11.4. The van der Waals surface area contributed by atoms with Gasteiger partial charge >= 0.3 is 6.09 Å². The molecule has 0 radical (unpaired) electrons. The Hall–Kier alpha value is -2.15. The lowest BCUT2D eigenvalue weighted by Gasteiger charge is -2.16. The van der Waals surface area contributed by atoms with E-state index < -0.39 is 6.09 Å². The fraction of sp³-hybridized carbons (Fsp3) is 0.333. The van der Waals surface area contributed by atoms with Crippen molar-refractivity contribution in [1.82, 2.24) is 15.8 Å². The van der Waals surface area contributed by atoms with Gasteiger partial charge in [-0.05, 0) is 43.2 Å². The molecule has 1 aromatic heterocycles. The van der Waals surface area contributed by atoms with E-state index >= 15 is 0 Å². The Morgan fingerprint density at radius 2 is 2.12 bits per heavy atom. The Kier molecular flexibility index (Phi) is 7.18. The lowest BCUT2D eigenvalue weighted by atomic mass is 10.1. The molecule has 2 rings (SSSR count). The molecule has 0 aliphatic carbocycles. The van der Waals surface area contributed by atoms with Gasteiger partial charge in [0.1, 0.15) is 6.61 Å². The zero-order chi connectivity index (χ0) is 18.2. The maximum Gasteiger partial charge on any atom is 0.407 e. The number of hydrogen-bond acceptors (Lipinski definition) is 5. The Balaban J connectivity index is 1.92. The number of amides is 1. The van der Waals surface area contributed by atoms with E-state index in [1.54, 1.807) is 6.07 Å². The van der Waals surface area contributed by atoms with E-state index in [-0.39, 0.29) is 6.04 Å². The molecule has 0 aliphatic rings. The third kappa shape index (κ3) is 6.01. The summed E-state index contributed by atoms with van der Waals surface area (Å²) in [7, 11) is 1.32. The fourth-order valence-electron chi connectivity index (χ4n) is 2.23. The van der Waals surface area contributed by atoms with Crippen LogP contribution in [0, 0.1) is 6.92 Å². The Bertz CT molecular complexity index is 724. The Morgan fingerprint density at radius 3 is 2.84 bits per heavy atom. The van der Waals surface area contributed by atoms with Gasteiger partial charge in [0.25, 0.3) is 0 Å². The monoisotopic (exact) mass is 363 g/mol. The Morgan fingerprint density at radius 1 is 1.32 bits per heavy atom. The number of carbonyl (C=O) groups excluding carboxylic acids is 1. The van der Waals surface area contributed by atoms with E-state index in [9.17, 15) is 4.79 Å². The van der Waals surface area contributed by atoms with Crippen molar-refractivity contribution in [1.29, 1.82) is 0 Å². The summed E-state index contributed by atoms with van der Waals surface area (Å²) < 4.78 is 4.56. The molecule has 1 atom stereocenters. The molecule has 25 heavy (non-hydrogen) atoms. The maximum atomic E-state index is 11.2. The first-order chi connectivity index (χ1) is 12.0. The molecule has 0 fully saturated rings. The Labute approximate surface area is 152 Å². The molecule has 134 valence electrons. The van der Waals surface area contributed by atoms with Crippen LogP contribution in [-0.4, -0.2) is 18.2 Å². The number of pyridine rings is 1. The standard InChI is InChI=1S/C18H22ClN3O3/c1-12-5-4-6-16(21-12)11-25-22-13(2)14-7-8-17(19)15(9-14)10-20-18(23)24-3/h4-9,13,22H,10-11H2,1-3H3,(H,20,23). The number of rotatable bonds is 7. The quantitative estimate of drug-likeness (QED) is 0.734. The van der Waals surface area contributed by atoms with Crippen molar-refractivity contribution in [2.75, 3.05) is 7.11 Å². The van der Waals surface area contributed by atoms with Crippen molar-refractivity contribution in [3.05, 3.63) is 63.9 Å². The number of halogens is 1. The van der Waals surface area contributed by atoms with Crippen molar-refractivity contribution >= 4 is 17.7 Å². The van der Waals surface area contributed by atoms with Gasteiger partial charge in [-0.1, -0.05) is 29.8 Å². The number of hydroxylamine groups is 1. The molecule has 1 aromatic carbocycles. The maximum absolute atomic E-state index is 11.2. The minimum atomic E-state index is -0.498. The van der Waals surface area contributed by atoms with Gasteiger partial charge in [-0.3, -0.25) is 9.82 Å². The normalized spacial score (nSPS) is 11.8. The summed E-state index contributed by atoms with van der Waals surface area (Å²) >= 11 is 6.17. The molecule has 1 amide bonds. The van der Waals surface area contributed by atoms with Crippen LogP contribution in [0.15, 0.2) is 36.4 Å². The smallest absolute Gasteiger partial charge is 0.407 e. The second kappa shape index (κ2) is 9.36. The molecule has 2 N–H and O–H groups in total. The fourth-order valence-corrected chi connectivity index (χ4v) is 2.41. The molecule has 0 saturated carbocycles. The van der Waals surface area contributed by atoms with Crippen LogP contribution in [0.3, 0.4) is 0 Å². The molecule has 0 aliphatic heterocycles. The average molecular weight is 364 g/mol. The van der Waals surface area contributed by atoms with Crippen molar-refractivity contribution in [2.45, 2.75) is 33.0 Å². The third-order valence-corrected chi connectivity index (χ3v) is 3.97. The first-order valence-corrected chi connectivity index (χ1v) is 8.27. The van der Waals surface area contributed by atoms with Crippen molar-refractivity contribution in [2.24, 2.45) is 0 Å². The van der Waals surface area contributed by atoms with Crippen molar-refractivity contribution in [3.8, 4) is 0 Å². The number of aromatic nitrogens is 1. The van der Waals surface area contributed by atoms with Gasteiger partial charge in [-0.2, -0.15) is 5.48 Å². The summed E-state index contributed by atoms with van der Waals surface area (Å²) in [4.78, 5) is 21.1. The van der Waals surface area contributed by atoms with Crippen molar-refractivity contribution in [3.63, 3.8) is 0 Å². The van der Waals surface area contributed by atoms with Crippen LogP contribution >= 0.6 is 11.6 Å². The summed E-state index contributed by atoms with van der Waals surface area (Å²) in [5.74, 6) is 0. The van der Waals surface area contributed by atoms with Crippen LogP contribution in [0.4, 0.5) is 4.79 Å². The van der Waals surface area contributed by atoms with Crippen molar-refractivity contribution < 1.29 is 14.4 Å². The number of nitrogens with one attached hydrogen (secondary N) is 2. The molecule has 6 nitrogen and oxygen atoms in total. The number of benzene rings is 1. The number of hydrogen-bond donors (Lipinski definition) is 2. The zero-order valence-corrected chi connectivity index (χ0v) is 15.3. The van der Waals surface area contributed by atoms with Crippen LogP contribution in [0.25, 0.3) is 0 Å². The predicted octanol–water partition coefficient (Wildman–Crippen LogP) is 3.68. The summed E-state index contributed by atoms with van der Waals surface area (Å²) in [6.45, 7) is 4.58. The topological polar surface area (TPSA) is 72.5 Å². The molecule has 1 unspecified atom stereocenters. The van der Waals surface area contributed by atoms with Crippen LogP contribution in [0.2, 0.25) is 5.02 Å². The van der Waals surface area contributed by atoms with Crippen LogP contribution < -0.4 is 10.8 Å². The molecular weight excluding hydrogens is 342 g/mol. The van der Waals surface area contributed by atoms with E-state index in [1.165, 1.54) is 7.11 Å². The highest BCUT2D eigenvalue weighted by Crippen LogP contribution is 2.21. The lowest BCUT2D eigenvalue weighted by Crippen LogP contribution is -2.23. The van der Waals surface area contributed by atoms with Crippen LogP contribution in [0.1, 0.15) is 35.5 Å². The first-order valence-electron chi connectivity index (χ1n) is 7.89. The summed E-state index contributed by atoms with van der Waals surface area (Å²) in [5, 5.41) is 3.20. The molecule has 0 bridgehead atoms. The predicted molar refractivity (Wildman–Crippen MR) is 96.0 cm³/mol. The molecule has 1 heterocycles. The van der Waals surface area contributed by atoms with Gasteiger partial charge in [0.05, 0.1) is 18.8 Å². The second-order valence-electron chi connectivity index (χ2n) is 5.59. The van der Waals surface area contributed by atoms with Gasteiger partial charge in [-0.25, -0.2) is 4.79 Å². The zero-order valence-electron chi connectivity index (χ0n) is 14.5. The van der Waals surface area contributed by atoms with Crippen LogP contribution in [0.5, 0.6) is 0 Å². The molecule has 7 heteroatoms. The molecule has 0 saturated heterocycles.